The summed E-state index contributed by atoms with van der Waals surface area (Å²) in [7, 11) is 0. The van der Waals surface area contributed by atoms with E-state index >= 15 is 0 Å². The molecule has 6 heteroatoms. The largest absolute Gasteiger partial charge is 0.494 e. The van der Waals surface area contributed by atoms with Crippen LogP contribution in [0, 0.1) is 5.92 Å². The van der Waals surface area contributed by atoms with E-state index in [0.717, 1.165) is 47.8 Å². The first kappa shape index (κ1) is 22.0. The maximum Gasteiger partial charge on any atom is 0.271 e. The lowest BCUT2D eigenvalue weighted by Crippen LogP contribution is -2.41. The monoisotopic (exact) mass is 447 g/mol. The van der Waals surface area contributed by atoms with E-state index in [0.29, 0.717) is 32.0 Å². The topological polar surface area (TPSA) is 46.9 Å². The molecule has 0 spiro atoms. The van der Waals surface area contributed by atoms with Crippen LogP contribution in [-0.2, 0) is 4.74 Å². The molecule has 6 nitrogen and oxygen atoms in total. The number of carbonyl (C=O) groups excluding carboxylic acids is 1. The van der Waals surface area contributed by atoms with Crippen LogP contribution in [0.2, 0.25) is 0 Å². The highest BCUT2D eigenvalue weighted by molar-refractivity contribution is 6.00. The molecule has 2 aliphatic rings. The van der Waals surface area contributed by atoms with Gasteiger partial charge in [0.2, 0.25) is 0 Å². The first-order valence-corrected chi connectivity index (χ1v) is 12.1. The van der Waals surface area contributed by atoms with Crippen LogP contribution < -0.4 is 4.74 Å². The number of likely N-dealkylation sites (tertiary alicyclic amines) is 1. The van der Waals surface area contributed by atoms with E-state index in [2.05, 4.69) is 28.5 Å². The lowest BCUT2D eigenvalue weighted by atomic mass is 10.2. The zero-order valence-corrected chi connectivity index (χ0v) is 19.4. The number of benzene rings is 2. The molecule has 2 aliphatic heterocycles. The summed E-state index contributed by atoms with van der Waals surface area (Å²) in [6.45, 7) is 9.02. The molecule has 2 fully saturated rings. The minimum atomic E-state index is 0.0473. The number of rotatable bonds is 7. The van der Waals surface area contributed by atoms with Crippen LogP contribution in [0.5, 0.6) is 5.75 Å². The van der Waals surface area contributed by atoms with Crippen LogP contribution in [0.15, 0.2) is 54.6 Å². The van der Waals surface area contributed by atoms with E-state index in [1.807, 2.05) is 47.4 Å². The van der Waals surface area contributed by atoms with Crippen molar-refractivity contribution in [2.24, 2.45) is 5.92 Å². The van der Waals surface area contributed by atoms with Crippen molar-refractivity contribution >= 4 is 16.8 Å². The average molecular weight is 448 g/mol. The summed E-state index contributed by atoms with van der Waals surface area (Å²) in [4.78, 5) is 17.8. The van der Waals surface area contributed by atoms with Crippen LogP contribution in [-0.4, -0.2) is 72.8 Å². The van der Waals surface area contributed by atoms with E-state index in [-0.39, 0.29) is 5.91 Å². The number of carbonyl (C=O) groups is 1. The summed E-state index contributed by atoms with van der Waals surface area (Å²) in [6.07, 6.45) is 2.35. The smallest absolute Gasteiger partial charge is 0.271 e. The van der Waals surface area contributed by atoms with E-state index in [1.54, 1.807) is 0 Å². The normalized spacial score (nSPS) is 19.3. The fourth-order valence-corrected chi connectivity index (χ4v) is 4.92. The van der Waals surface area contributed by atoms with E-state index in [9.17, 15) is 4.79 Å². The minimum Gasteiger partial charge on any atom is -0.494 e. The SMILES string of the molecule is CC1CCN(CCCOc2ccc(-n3c(C(=O)N4CCOCC4)cc4ccccc43)cc2)C1. The first-order chi connectivity index (χ1) is 16.2. The highest BCUT2D eigenvalue weighted by Gasteiger charge is 2.24. The molecule has 3 heterocycles. The second kappa shape index (κ2) is 9.98. The molecule has 0 saturated carbocycles. The molecule has 0 radical (unpaired) electrons. The zero-order valence-electron chi connectivity index (χ0n) is 19.4. The van der Waals surface area contributed by atoms with Crippen LogP contribution in [0.1, 0.15) is 30.3 Å². The summed E-state index contributed by atoms with van der Waals surface area (Å²) >= 11 is 0. The summed E-state index contributed by atoms with van der Waals surface area (Å²) in [6, 6.07) is 18.2. The second-order valence-corrected chi connectivity index (χ2v) is 9.22. The summed E-state index contributed by atoms with van der Waals surface area (Å²) < 4.78 is 13.5. The van der Waals surface area contributed by atoms with Gasteiger partial charge in [-0.05, 0) is 61.7 Å². The summed E-state index contributed by atoms with van der Waals surface area (Å²) in [5.41, 5.74) is 2.68. The van der Waals surface area contributed by atoms with Gasteiger partial charge in [0.15, 0.2) is 0 Å². The third-order valence-electron chi connectivity index (χ3n) is 6.72. The Hall–Kier alpha value is -2.83. The van der Waals surface area contributed by atoms with E-state index in [1.165, 1.54) is 19.5 Å². The number of fused-ring (bicyclic) bond motifs is 1. The van der Waals surface area contributed by atoms with Crippen LogP contribution >= 0.6 is 0 Å². The molecule has 1 atom stereocenters. The molecule has 0 aliphatic carbocycles. The molecule has 33 heavy (non-hydrogen) atoms. The van der Waals surface area contributed by atoms with Crippen LogP contribution in [0.4, 0.5) is 0 Å². The Morgan fingerprint density at radius 1 is 1.06 bits per heavy atom. The van der Waals surface area contributed by atoms with E-state index in [4.69, 9.17) is 9.47 Å². The van der Waals surface area contributed by atoms with Gasteiger partial charge in [-0.25, -0.2) is 0 Å². The lowest BCUT2D eigenvalue weighted by molar-refractivity contribution is 0.0298. The quantitative estimate of drug-likeness (QED) is 0.509. The Kier molecular flexibility index (Phi) is 6.65. The van der Waals surface area contributed by atoms with Crippen molar-refractivity contribution in [3.05, 3.63) is 60.3 Å². The van der Waals surface area contributed by atoms with Crippen molar-refractivity contribution in [3.8, 4) is 11.4 Å². The van der Waals surface area contributed by atoms with Gasteiger partial charge < -0.3 is 23.8 Å². The highest BCUT2D eigenvalue weighted by atomic mass is 16.5. The van der Waals surface area contributed by atoms with Gasteiger partial charge in [0, 0.05) is 37.3 Å². The molecular formula is C27H33N3O3. The third kappa shape index (κ3) is 4.92. The third-order valence-corrected chi connectivity index (χ3v) is 6.72. The molecule has 5 rings (SSSR count). The van der Waals surface area contributed by atoms with Gasteiger partial charge in [0.1, 0.15) is 11.4 Å². The number of morpholine rings is 1. The van der Waals surface area contributed by atoms with Gasteiger partial charge in [-0.1, -0.05) is 25.1 Å². The zero-order chi connectivity index (χ0) is 22.6. The molecule has 0 bridgehead atoms. The van der Waals surface area contributed by atoms with Crippen LogP contribution in [0.3, 0.4) is 0 Å². The Labute approximate surface area is 195 Å². The lowest BCUT2D eigenvalue weighted by Gasteiger charge is -2.27. The van der Waals surface area contributed by atoms with Crippen molar-refractivity contribution in [3.63, 3.8) is 0 Å². The van der Waals surface area contributed by atoms with Gasteiger partial charge in [0.25, 0.3) is 5.91 Å². The predicted molar refractivity (Wildman–Crippen MR) is 130 cm³/mol. The summed E-state index contributed by atoms with van der Waals surface area (Å²) in [5.74, 6) is 1.74. The maximum absolute atomic E-state index is 13.4. The van der Waals surface area contributed by atoms with Crippen molar-refractivity contribution in [2.45, 2.75) is 19.8 Å². The first-order valence-electron chi connectivity index (χ1n) is 12.1. The van der Waals surface area contributed by atoms with Crippen molar-refractivity contribution in [2.75, 3.05) is 52.5 Å². The molecule has 2 aromatic carbocycles. The molecule has 1 unspecified atom stereocenters. The summed E-state index contributed by atoms with van der Waals surface area (Å²) in [5, 5.41) is 1.06. The van der Waals surface area contributed by atoms with Crippen molar-refractivity contribution in [1.82, 2.24) is 14.4 Å². The molecule has 2 saturated heterocycles. The Morgan fingerprint density at radius 3 is 2.61 bits per heavy atom. The maximum atomic E-state index is 13.4. The molecule has 1 aromatic heterocycles. The molecule has 174 valence electrons. The Morgan fingerprint density at radius 2 is 1.85 bits per heavy atom. The number of hydrogen-bond acceptors (Lipinski definition) is 4. The average Bonchev–Trinajstić information content (AvgIpc) is 3.45. The molecule has 0 N–H and O–H groups in total. The van der Waals surface area contributed by atoms with Crippen molar-refractivity contribution in [1.29, 1.82) is 0 Å². The number of aromatic nitrogens is 1. The highest BCUT2D eigenvalue weighted by Crippen LogP contribution is 2.27. The number of hydrogen-bond donors (Lipinski definition) is 0. The van der Waals surface area contributed by atoms with Gasteiger partial charge in [-0.15, -0.1) is 0 Å². The Bertz CT molecular complexity index is 1090. The fraction of sp³-hybridized carbons (Fsp3) is 0.444. The number of amides is 1. The fourth-order valence-electron chi connectivity index (χ4n) is 4.92. The Balaban J connectivity index is 1.30. The van der Waals surface area contributed by atoms with Gasteiger partial charge in [-0.2, -0.15) is 0 Å². The van der Waals surface area contributed by atoms with Crippen LogP contribution in [0.25, 0.3) is 16.6 Å². The van der Waals surface area contributed by atoms with Gasteiger partial charge in [-0.3, -0.25) is 4.79 Å². The standard InChI is InChI=1S/C27H33N3O3/c1-21-11-13-28(20-21)12-4-16-33-24-9-7-23(8-10-24)30-25-6-3-2-5-22(25)19-26(30)27(31)29-14-17-32-18-15-29/h2-3,5-10,19,21H,4,11-18,20H2,1H3. The van der Waals surface area contributed by atoms with Gasteiger partial charge >= 0.3 is 0 Å². The van der Waals surface area contributed by atoms with Gasteiger partial charge in [0.05, 0.1) is 25.3 Å². The molecular weight excluding hydrogens is 414 g/mol. The second-order valence-electron chi connectivity index (χ2n) is 9.22. The number of para-hydroxylation sites is 1. The molecule has 3 aromatic rings. The van der Waals surface area contributed by atoms with Crippen molar-refractivity contribution < 1.29 is 14.3 Å². The predicted octanol–water partition coefficient (Wildman–Crippen LogP) is 4.21. The number of ether oxygens (including phenoxy) is 2. The minimum absolute atomic E-state index is 0.0473. The van der Waals surface area contributed by atoms with E-state index < -0.39 is 0 Å². The molecule has 1 amide bonds. The number of nitrogens with zero attached hydrogens (tertiary/aromatic N) is 3.